The largest absolute Gasteiger partial charge is 0.512 e. The van der Waals surface area contributed by atoms with Crippen molar-refractivity contribution in [3.63, 3.8) is 0 Å². The number of esters is 1. The summed E-state index contributed by atoms with van der Waals surface area (Å²) in [5, 5.41) is 20.4. The zero-order valence-corrected chi connectivity index (χ0v) is 28.5. The lowest BCUT2D eigenvalue weighted by Gasteiger charge is -2.40. The second-order valence-corrected chi connectivity index (χ2v) is 12.7. The van der Waals surface area contributed by atoms with Crippen molar-refractivity contribution in [2.45, 2.75) is 49.1 Å². The van der Waals surface area contributed by atoms with Crippen LogP contribution in [0.1, 0.15) is 30.5 Å². The van der Waals surface area contributed by atoms with Crippen LogP contribution < -0.4 is 0 Å². The molecule has 1 aliphatic rings. The van der Waals surface area contributed by atoms with Gasteiger partial charge in [0.1, 0.15) is 43.3 Å². The minimum atomic E-state index is -1.94. The summed E-state index contributed by atoms with van der Waals surface area (Å²) in [5.74, 6) is -4.81. The minimum Gasteiger partial charge on any atom is -0.480 e. The number of nitriles is 1. The number of aromatic nitrogens is 3. The summed E-state index contributed by atoms with van der Waals surface area (Å²) >= 11 is 1.21. The maximum Gasteiger partial charge on any atom is 0.512 e. The van der Waals surface area contributed by atoms with Crippen LogP contribution in [0.4, 0.5) is 18.0 Å². The van der Waals surface area contributed by atoms with Gasteiger partial charge in [-0.3, -0.25) is 0 Å². The molecule has 2 aromatic carbocycles. The second kappa shape index (κ2) is 18.9. The number of thioether (sulfide) groups is 1. The van der Waals surface area contributed by atoms with Gasteiger partial charge in [0.15, 0.2) is 11.9 Å². The molecule has 1 aliphatic heterocycles. The van der Waals surface area contributed by atoms with Crippen molar-refractivity contribution in [3.8, 4) is 6.07 Å². The van der Waals surface area contributed by atoms with Crippen LogP contribution in [0.2, 0.25) is 0 Å². The Balaban J connectivity index is 1.47. The number of halogens is 3. The number of allylic oxidation sites excluding steroid dienone is 2. The van der Waals surface area contributed by atoms with Crippen LogP contribution in [0.3, 0.4) is 0 Å². The fraction of sp³-hybridized carbons (Fsp3) is 0.353. The van der Waals surface area contributed by atoms with Crippen molar-refractivity contribution in [2.24, 2.45) is 0 Å². The van der Waals surface area contributed by atoms with Gasteiger partial charge in [-0.1, -0.05) is 24.3 Å². The fourth-order valence-electron chi connectivity index (χ4n) is 4.90. The number of ether oxygens (including phenoxy) is 6. The molecule has 1 aromatic heterocycles. The SMILES string of the molecule is CC(OC(=O)COCC(=O)O)OC(=O)O[C@@](Cn1cncn1)(c1ccc(F)cc1F)[C@@H](C)SC1COC(/C=C/C=C/c2ccc(C#N)cc2F)OC1. The predicted octanol–water partition coefficient (Wildman–Crippen LogP) is 4.74. The molecule has 0 bridgehead atoms. The molecule has 1 fully saturated rings. The Morgan fingerprint density at radius 2 is 1.87 bits per heavy atom. The van der Waals surface area contributed by atoms with Gasteiger partial charge in [0.05, 0.1) is 36.6 Å². The second-order valence-electron chi connectivity index (χ2n) is 11.0. The minimum absolute atomic E-state index is 0.144. The van der Waals surface area contributed by atoms with E-state index in [1.54, 1.807) is 25.2 Å². The molecule has 2 heterocycles. The van der Waals surface area contributed by atoms with Crippen LogP contribution >= 0.6 is 11.8 Å². The number of carbonyl (C=O) groups is 3. The van der Waals surface area contributed by atoms with Crippen LogP contribution in [0.15, 0.2) is 67.3 Å². The highest BCUT2D eigenvalue weighted by atomic mass is 32.2. The third kappa shape index (κ3) is 11.4. The number of nitrogens with zero attached hydrogens (tertiary/aromatic N) is 4. The Kier molecular flexibility index (Phi) is 14.3. The summed E-state index contributed by atoms with van der Waals surface area (Å²) < 4.78 is 77.3. The number of hydrogen-bond donors (Lipinski definition) is 1. The third-order valence-corrected chi connectivity index (χ3v) is 8.70. The van der Waals surface area contributed by atoms with Crippen molar-refractivity contribution in [1.82, 2.24) is 14.8 Å². The van der Waals surface area contributed by atoms with Crippen molar-refractivity contribution in [1.29, 1.82) is 5.26 Å². The van der Waals surface area contributed by atoms with Crippen LogP contribution in [0, 0.1) is 28.8 Å². The van der Waals surface area contributed by atoms with Gasteiger partial charge in [-0.25, -0.2) is 37.2 Å². The Hall–Kier alpha value is -5.22. The number of rotatable bonds is 16. The predicted molar refractivity (Wildman–Crippen MR) is 175 cm³/mol. The van der Waals surface area contributed by atoms with E-state index in [0.717, 1.165) is 18.2 Å². The third-order valence-electron chi connectivity index (χ3n) is 7.25. The molecule has 1 N–H and O–H groups in total. The number of aliphatic carboxylic acids is 1. The van der Waals surface area contributed by atoms with Crippen molar-refractivity contribution in [3.05, 3.63) is 101 Å². The van der Waals surface area contributed by atoms with Gasteiger partial charge in [0.25, 0.3) is 0 Å². The van der Waals surface area contributed by atoms with Crippen molar-refractivity contribution >= 4 is 35.9 Å². The van der Waals surface area contributed by atoms with Crippen molar-refractivity contribution in [2.75, 3.05) is 26.4 Å². The summed E-state index contributed by atoms with van der Waals surface area (Å²) in [4.78, 5) is 39.8. The van der Waals surface area contributed by atoms with Crippen LogP contribution in [-0.4, -0.2) is 87.5 Å². The smallest absolute Gasteiger partial charge is 0.480 e. The molecule has 1 saturated heterocycles. The van der Waals surface area contributed by atoms with Gasteiger partial charge < -0.3 is 33.5 Å². The van der Waals surface area contributed by atoms with E-state index in [1.165, 1.54) is 54.2 Å². The molecule has 0 saturated carbocycles. The molecular formula is C34H33F3N4O10S. The van der Waals surface area contributed by atoms with E-state index < -0.39 is 72.2 Å². The maximum absolute atomic E-state index is 15.6. The summed E-state index contributed by atoms with van der Waals surface area (Å²) in [7, 11) is 0. The first-order valence-electron chi connectivity index (χ1n) is 15.5. The Labute approximate surface area is 299 Å². The summed E-state index contributed by atoms with van der Waals surface area (Å²) in [6, 6.07) is 8.74. The van der Waals surface area contributed by atoms with Crippen LogP contribution in [-0.2, 0) is 50.2 Å². The van der Waals surface area contributed by atoms with E-state index in [9.17, 15) is 23.2 Å². The van der Waals surface area contributed by atoms with E-state index in [1.807, 2.05) is 6.07 Å². The quantitative estimate of drug-likeness (QED) is 0.121. The zero-order valence-electron chi connectivity index (χ0n) is 27.7. The molecule has 0 spiro atoms. The Bertz CT molecular complexity index is 1800. The molecule has 52 heavy (non-hydrogen) atoms. The van der Waals surface area contributed by atoms with E-state index in [4.69, 9.17) is 34.1 Å². The topological polar surface area (TPSA) is 181 Å². The van der Waals surface area contributed by atoms with Gasteiger partial charge in [0, 0.05) is 29.4 Å². The number of carboxylic acid groups (broad SMARTS) is 1. The number of benzene rings is 2. The lowest BCUT2D eigenvalue weighted by Crippen LogP contribution is -2.47. The fourth-order valence-corrected chi connectivity index (χ4v) is 6.26. The molecule has 0 radical (unpaired) electrons. The van der Waals surface area contributed by atoms with E-state index in [2.05, 4.69) is 14.8 Å². The normalized spacial score (nSPS) is 18.3. The lowest BCUT2D eigenvalue weighted by atomic mass is 9.89. The van der Waals surface area contributed by atoms with E-state index in [-0.39, 0.29) is 41.7 Å². The molecule has 4 rings (SSSR count). The van der Waals surface area contributed by atoms with Gasteiger partial charge in [0.2, 0.25) is 6.29 Å². The monoisotopic (exact) mass is 746 g/mol. The Morgan fingerprint density at radius 3 is 2.52 bits per heavy atom. The highest BCUT2D eigenvalue weighted by Gasteiger charge is 2.47. The van der Waals surface area contributed by atoms with Crippen LogP contribution in [0.25, 0.3) is 6.08 Å². The number of carbonyl (C=O) groups excluding carboxylic acids is 2. The average Bonchev–Trinajstić information content (AvgIpc) is 3.60. The molecule has 276 valence electrons. The zero-order chi connectivity index (χ0) is 37.7. The highest BCUT2D eigenvalue weighted by Crippen LogP contribution is 2.42. The molecule has 18 heteroatoms. The highest BCUT2D eigenvalue weighted by molar-refractivity contribution is 8.00. The first-order valence-corrected chi connectivity index (χ1v) is 16.4. The molecular weight excluding hydrogens is 713 g/mol. The van der Waals surface area contributed by atoms with E-state index >= 15 is 4.39 Å². The van der Waals surface area contributed by atoms with Gasteiger partial charge >= 0.3 is 18.1 Å². The van der Waals surface area contributed by atoms with Gasteiger partial charge in [-0.15, -0.1) is 11.8 Å². The molecule has 3 aromatic rings. The molecule has 0 amide bonds. The van der Waals surface area contributed by atoms with Crippen LogP contribution in [0.5, 0.6) is 0 Å². The first-order chi connectivity index (χ1) is 24.9. The maximum atomic E-state index is 15.6. The first kappa shape index (κ1) is 39.6. The van der Waals surface area contributed by atoms with E-state index in [0.29, 0.717) is 6.07 Å². The number of hydrogen-bond acceptors (Lipinski definition) is 13. The summed E-state index contributed by atoms with van der Waals surface area (Å²) in [6.07, 6.45) is 5.16. The van der Waals surface area contributed by atoms with Crippen molar-refractivity contribution < 1.29 is 61.1 Å². The summed E-state index contributed by atoms with van der Waals surface area (Å²) in [6.45, 7) is 1.30. The standard InChI is InChI=1S/C34H33F3N4O10S/c1-21(52-26-14-47-32(48-15-26)6-4-3-5-24-8-7-23(13-38)11-28(24)36)34(18-41-20-39-19-40-41,27-10-9-25(35)12-29(27)37)51-33(45)50-22(2)49-31(44)17-46-16-30(42)43/h3-12,19-22,26,32H,14-18H2,1-2H3,(H,42,43)/b5-3+,6-4+/t21-,22?,26?,32?,34-/m1/s1. The molecule has 1 unspecified atom stereocenters. The van der Waals surface area contributed by atoms with Gasteiger partial charge in [-0.05, 0) is 37.3 Å². The van der Waals surface area contributed by atoms with Gasteiger partial charge in [-0.2, -0.15) is 10.4 Å². The summed E-state index contributed by atoms with van der Waals surface area (Å²) in [5.41, 5.74) is -1.67. The molecule has 3 atom stereocenters. The Morgan fingerprint density at radius 1 is 1.10 bits per heavy atom. The molecule has 14 nitrogen and oxygen atoms in total. The average molecular weight is 747 g/mol. The molecule has 0 aliphatic carbocycles. The number of carboxylic acids is 1. The lowest BCUT2D eigenvalue weighted by molar-refractivity contribution is -0.176.